The van der Waals surface area contributed by atoms with E-state index in [1.54, 1.807) is 12.1 Å². The van der Waals surface area contributed by atoms with Gasteiger partial charge in [0.1, 0.15) is 0 Å². The normalized spacial score (nSPS) is 22.3. The Kier molecular flexibility index (Phi) is 4.57. The third-order valence-electron chi connectivity index (χ3n) is 3.53. The molecule has 118 valence electrons. The fraction of sp³-hybridized carbons (Fsp3) is 0.571. The highest BCUT2D eigenvalue weighted by molar-refractivity contribution is 7.89. The van der Waals surface area contributed by atoms with Crippen LogP contribution >= 0.6 is 0 Å². The Morgan fingerprint density at radius 1 is 1.38 bits per heavy atom. The Morgan fingerprint density at radius 2 is 2.00 bits per heavy atom. The van der Waals surface area contributed by atoms with Gasteiger partial charge in [0.05, 0.1) is 16.6 Å². The van der Waals surface area contributed by atoms with Crippen LogP contribution in [0.25, 0.3) is 0 Å². The van der Waals surface area contributed by atoms with Crippen molar-refractivity contribution in [2.24, 2.45) is 5.73 Å². The number of hydrogen-bond donors (Lipinski definition) is 2. The molecule has 3 N–H and O–H groups in total. The molecule has 0 aromatic heterocycles. The molecule has 1 atom stereocenters. The summed E-state index contributed by atoms with van der Waals surface area (Å²) in [7, 11) is -1.99. The number of rotatable bonds is 4. The largest absolute Gasteiger partial charge is 0.367 e. The van der Waals surface area contributed by atoms with Crippen LogP contribution in [-0.4, -0.2) is 46.8 Å². The van der Waals surface area contributed by atoms with Gasteiger partial charge < -0.3 is 15.4 Å². The fourth-order valence-corrected chi connectivity index (χ4v) is 3.30. The van der Waals surface area contributed by atoms with Crippen LogP contribution in [0, 0.1) is 0 Å². The lowest BCUT2D eigenvalue weighted by Crippen LogP contribution is -2.54. The number of nitrogens with zero attached hydrogens (tertiary/aromatic N) is 1. The maximum Gasteiger partial charge on any atom is 0.240 e. The van der Waals surface area contributed by atoms with E-state index in [1.165, 1.54) is 7.05 Å². The first-order valence-corrected chi connectivity index (χ1v) is 8.42. The van der Waals surface area contributed by atoms with Gasteiger partial charge >= 0.3 is 0 Å². The Morgan fingerprint density at radius 3 is 2.52 bits per heavy atom. The van der Waals surface area contributed by atoms with Crippen LogP contribution in [-0.2, 0) is 14.8 Å². The number of hydrogen-bond acceptors (Lipinski definition) is 5. The summed E-state index contributed by atoms with van der Waals surface area (Å²) >= 11 is 0. The molecule has 1 unspecified atom stereocenters. The topological polar surface area (TPSA) is 84.7 Å². The highest BCUT2D eigenvalue weighted by Crippen LogP contribution is 2.26. The second-order valence-electron chi connectivity index (χ2n) is 5.82. The van der Waals surface area contributed by atoms with Crippen LogP contribution in [0.4, 0.5) is 5.69 Å². The first-order chi connectivity index (χ1) is 9.77. The van der Waals surface area contributed by atoms with Gasteiger partial charge in [0.15, 0.2) is 0 Å². The number of anilines is 1. The van der Waals surface area contributed by atoms with Gasteiger partial charge in [-0.1, -0.05) is 0 Å². The molecule has 0 amide bonds. The molecular weight excluding hydrogens is 290 g/mol. The summed E-state index contributed by atoms with van der Waals surface area (Å²) in [6, 6.07) is 6.86. The van der Waals surface area contributed by atoms with Crippen LogP contribution in [0.5, 0.6) is 0 Å². The summed E-state index contributed by atoms with van der Waals surface area (Å²) in [5.74, 6) is 0. The van der Waals surface area contributed by atoms with E-state index in [1.807, 2.05) is 26.0 Å². The van der Waals surface area contributed by atoms with E-state index in [-0.39, 0.29) is 16.6 Å². The van der Waals surface area contributed by atoms with Crippen LogP contribution in [0.1, 0.15) is 13.8 Å². The van der Waals surface area contributed by atoms with E-state index in [4.69, 9.17) is 10.5 Å². The first kappa shape index (κ1) is 16.2. The molecule has 1 aliphatic heterocycles. The molecule has 1 aromatic rings. The molecular formula is C14H23N3O3S. The molecule has 2 rings (SSSR count). The van der Waals surface area contributed by atoms with Crippen molar-refractivity contribution < 1.29 is 13.2 Å². The molecule has 0 saturated carbocycles. The fourth-order valence-electron chi connectivity index (χ4n) is 2.57. The van der Waals surface area contributed by atoms with Gasteiger partial charge in [-0.3, -0.25) is 0 Å². The number of sulfonamides is 1. The SMILES string of the molecule is CNS(=O)(=O)c1ccc(N2CC(CN)OC(C)(C)C2)cc1. The highest BCUT2D eigenvalue weighted by atomic mass is 32.2. The molecule has 0 aliphatic carbocycles. The summed E-state index contributed by atoms with van der Waals surface area (Å²) in [4.78, 5) is 2.44. The third kappa shape index (κ3) is 3.74. The van der Waals surface area contributed by atoms with Crippen molar-refractivity contribution in [3.63, 3.8) is 0 Å². The average Bonchev–Trinajstić information content (AvgIpc) is 2.45. The Bertz CT molecular complexity index is 584. The Labute approximate surface area is 126 Å². The van der Waals surface area contributed by atoms with Crippen molar-refractivity contribution in [3.05, 3.63) is 24.3 Å². The Balaban J connectivity index is 2.22. The molecule has 0 bridgehead atoms. The van der Waals surface area contributed by atoms with Crippen molar-refractivity contribution in [2.75, 3.05) is 31.6 Å². The lowest BCUT2D eigenvalue weighted by atomic mass is 10.0. The van der Waals surface area contributed by atoms with E-state index in [0.29, 0.717) is 13.1 Å². The van der Waals surface area contributed by atoms with Gasteiger partial charge in [-0.05, 0) is 45.2 Å². The third-order valence-corrected chi connectivity index (χ3v) is 4.96. The summed E-state index contributed by atoms with van der Waals surface area (Å²) in [5, 5.41) is 0. The molecule has 7 heteroatoms. The van der Waals surface area contributed by atoms with Gasteiger partial charge in [0.25, 0.3) is 0 Å². The minimum atomic E-state index is -3.40. The quantitative estimate of drug-likeness (QED) is 0.847. The van der Waals surface area contributed by atoms with Crippen molar-refractivity contribution in [1.82, 2.24) is 4.72 Å². The maximum absolute atomic E-state index is 11.7. The number of morpholine rings is 1. The molecule has 1 fully saturated rings. The zero-order valence-corrected chi connectivity index (χ0v) is 13.5. The summed E-state index contributed by atoms with van der Waals surface area (Å²) in [6.07, 6.45) is -0.0190. The molecule has 21 heavy (non-hydrogen) atoms. The van der Waals surface area contributed by atoms with Gasteiger partial charge in [-0.25, -0.2) is 13.1 Å². The van der Waals surface area contributed by atoms with E-state index >= 15 is 0 Å². The van der Waals surface area contributed by atoms with Crippen molar-refractivity contribution in [2.45, 2.75) is 30.4 Å². The summed E-state index contributed by atoms with van der Waals surface area (Å²) in [6.45, 7) is 5.97. The van der Waals surface area contributed by atoms with Gasteiger partial charge in [-0.2, -0.15) is 0 Å². The second-order valence-corrected chi connectivity index (χ2v) is 7.70. The predicted octanol–water partition coefficient (Wildman–Crippen LogP) is 0.537. The molecule has 1 saturated heterocycles. The van der Waals surface area contributed by atoms with Crippen molar-refractivity contribution in [3.8, 4) is 0 Å². The molecule has 0 spiro atoms. The molecule has 1 heterocycles. The van der Waals surface area contributed by atoms with Crippen molar-refractivity contribution >= 4 is 15.7 Å². The zero-order valence-electron chi connectivity index (χ0n) is 12.7. The first-order valence-electron chi connectivity index (χ1n) is 6.94. The van der Waals surface area contributed by atoms with Gasteiger partial charge in [0.2, 0.25) is 10.0 Å². The predicted molar refractivity (Wildman–Crippen MR) is 82.9 cm³/mol. The maximum atomic E-state index is 11.7. The van der Waals surface area contributed by atoms with Gasteiger partial charge in [0, 0.05) is 25.3 Å². The second kappa shape index (κ2) is 5.92. The molecule has 1 aromatic carbocycles. The van der Waals surface area contributed by atoms with Crippen LogP contribution < -0.4 is 15.4 Å². The lowest BCUT2D eigenvalue weighted by Gasteiger charge is -2.43. The Hall–Kier alpha value is -1.15. The van der Waals surface area contributed by atoms with Crippen LogP contribution in [0.15, 0.2) is 29.2 Å². The number of nitrogens with one attached hydrogen (secondary N) is 1. The number of benzene rings is 1. The van der Waals surface area contributed by atoms with E-state index in [2.05, 4.69) is 9.62 Å². The average molecular weight is 313 g/mol. The van der Waals surface area contributed by atoms with Crippen molar-refractivity contribution in [1.29, 1.82) is 0 Å². The van der Waals surface area contributed by atoms with E-state index in [9.17, 15) is 8.42 Å². The standard InChI is InChI=1S/C14H23N3O3S/c1-14(2)10-17(9-12(8-15)20-14)11-4-6-13(7-5-11)21(18,19)16-3/h4-7,12,16H,8-10,15H2,1-3H3. The number of ether oxygens (including phenoxy) is 1. The molecule has 0 radical (unpaired) electrons. The van der Waals surface area contributed by atoms with Crippen LogP contribution in [0.2, 0.25) is 0 Å². The highest BCUT2D eigenvalue weighted by Gasteiger charge is 2.32. The minimum Gasteiger partial charge on any atom is -0.367 e. The molecule has 6 nitrogen and oxygen atoms in total. The van der Waals surface area contributed by atoms with E-state index < -0.39 is 10.0 Å². The van der Waals surface area contributed by atoms with Crippen LogP contribution in [0.3, 0.4) is 0 Å². The molecule has 1 aliphatic rings. The zero-order chi connectivity index (χ0) is 15.7. The summed E-state index contributed by atoms with van der Waals surface area (Å²) in [5.41, 5.74) is 6.42. The monoisotopic (exact) mass is 313 g/mol. The lowest BCUT2D eigenvalue weighted by molar-refractivity contribution is -0.0788. The summed E-state index contributed by atoms with van der Waals surface area (Å²) < 4.78 is 31.7. The smallest absolute Gasteiger partial charge is 0.240 e. The van der Waals surface area contributed by atoms with E-state index in [0.717, 1.165) is 12.2 Å². The van der Waals surface area contributed by atoms with Gasteiger partial charge in [-0.15, -0.1) is 0 Å². The minimum absolute atomic E-state index is 0.0190. The number of nitrogens with two attached hydrogens (primary N) is 1.